The number of esters is 1. The molecule has 7 nitrogen and oxygen atoms in total. The van der Waals surface area contributed by atoms with Gasteiger partial charge < -0.3 is 14.7 Å². The predicted molar refractivity (Wildman–Crippen MR) is 106 cm³/mol. The third kappa shape index (κ3) is 3.24. The smallest absolute Gasteiger partial charge is 0.359 e. The molecular formula is C22H19N3O4. The number of likely N-dealkylation sites (tertiary alicyclic amines) is 1. The largest absolute Gasteiger partial charge is 0.464 e. The molecule has 1 N–H and O–H groups in total. The fourth-order valence-corrected chi connectivity index (χ4v) is 3.37. The quantitative estimate of drug-likeness (QED) is 0.533. The summed E-state index contributed by atoms with van der Waals surface area (Å²) in [4.78, 5) is 25.7. The molecule has 29 heavy (non-hydrogen) atoms. The van der Waals surface area contributed by atoms with Gasteiger partial charge in [-0.05, 0) is 24.3 Å². The van der Waals surface area contributed by atoms with Crippen molar-refractivity contribution in [3.63, 3.8) is 0 Å². The summed E-state index contributed by atoms with van der Waals surface area (Å²) < 4.78 is 6.49. The standard InChI is InChI=1S/C22H19N3O4/c1-24-13-12-22(28,21(24)27)11-10-15-6-5-7-16(14-15)25-18-9-4-3-8-17(18)19(23-25)20(26)29-2/h3-9,14,28H,12-13H2,1-2H3. The van der Waals surface area contributed by atoms with Crippen molar-refractivity contribution < 1.29 is 19.4 Å². The van der Waals surface area contributed by atoms with Gasteiger partial charge in [0.2, 0.25) is 5.60 Å². The van der Waals surface area contributed by atoms with Gasteiger partial charge in [-0.2, -0.15) is 5.10 Å². The van der Waals surface area contributed by atoms with Gasteiger partial charge in [-0.25, -0.2) is 9.48 Å². The van der Waals surface area contributed by atoms with Gasteiger partial charge in [-0.15, -0.1) is 0 Å². The van der Waals surface area contributed by atoms with Crippen LogP contribution in [0, 0.1) is 11.8 Å². The highest BCUT2D eigenvalue weighted by atomic mass is 16.5. The van der Waals surface area contributed by atoms with Crippen molar-refractivity contribution in [2.45, 2.75) is 12.0 Å². The number of hydrogen-bond acceptors (Lipinski definition) is 5. The molecule has 1 atom stereocenters. The Morgan fingerprint density at radius 2 is 2.03 bits per heavy atom. The topological polar surface area (TPSA) is 84.7 Å². The fraction of sp³-hybridized carbons (Fsp3) is 0.227. The lowest BCUT2D eigenvalue weighted by Gasteiger charge is -2.13. The van der Waals surface area contributed by atoms with Crippen LogP contribution in [0.15, 0.2) is 48.5 Å². The molecule has 7 heteroatoms. The molecule has 1 saturated heterocycles. The van der Waals surface area contributed by atoms with E-state index < -0.39 is 11.6 Å². The summed E-state index contributed by atoms with van der Waals surface area (Å²) in [7, 11) is 2.96. The van der Waals surface area contributed by atoms with E-state index in [4.69, 9.17) is 4.74 Å². The Hall–Kier alpha value is -3.63. The van der Waals surface area contributed by atoms with E-state index in [1.165, 1.54) is 12.0 Å². The molecule has 3 aromatic rings. The molecule has 0 aliphatic carbocycles. The Bertz CT molecular complexity index is 1190. The van der Waals surface area contributed by atoms with Gasteiger partial charge in [0.15, 0.2) is 5.69 Å². The average molecular weight is 389 g/mol. The number of carbonyl (C=O) groups is 2. The van der Waals surface area contributed by atoms with Crippen LogP contribution in [-0.2, 0) is 9.53 Å². The van der Waals surface area contributed by atoms with Gasteiger partial charge in [0.1, 0.15) is 0 Å². The minimum Gasteiger partial charge on any atom is -0.464 e. The van der Waals surface area contributed by atoms with Crippen molar-refractivity contribution >= 4 is 22.8 Å². The first-order valence-corrected chi connectivity index (χ1v) is 9.10. The van der Waals surface area contributed by atoms with E-state index >= 15 is 0 Å². The summed E-state index contributed by atoms with van der Waals surface area (Å²) in [6.07, 6.45) is 0.279. The summed E-state index contributed by atoms with van der Waals surface area (Å²) in [6, 6.07) is 14.6. The van der Waals surface area contributed by atoms with Crippen LogP contribution < -0.4 is 0 Å². The zero-order valence-corrected chi connectivity index (χ0v) is 16.0. The van der Waals surface area contributed by atoms with Crippen LogP contribution in [0.1, 0.15) is 22.5 Å². The highest BCUT2D eigenvalue weighted by molar-refractivity contribution is 6.02. The molecule has 1 aliphatic rings. The molecule has 1 aromatic heterocycles. The van der Waals surface area contributed by atoms with Gasteiger partial charge in [0, 0.05) is 31.0 Å². The number of fused-ring (bicyclic) bond motifs is 1. The molecule has 1 aliphatic heterocycles. The zero-order chi connectivity index (χ0) is 20.6. The molecule has 2 heterocycles. The van der Waals surface area contributed by atoms with Crippen molar-refractivity contribution in [3.05, 3.63) is 59.8 Å². The Morgan fingerprint density at radius 3 is 2.76 bits per heavy atom. The normalized spacial score (nSPS) is 18.6. The molecule has 0 bridgehead atoms. The second kappa shape index (κ2) is 7.08. The molecule has 1 fully saturated rings. The third-order valence-electron chi connectivity index (χ3n) is 4.98. The first kappa shape index (κ1) is 18.7. The summed E-state index contributed by atoms with van der Waals surface area (Å²) in [5.41, 5.74) is 0.654. The fourth-order valence-electron chi connectivity index (χ4n) is 3.37. The number of aromatic nitrogens is 2. The Labute approximate surface area is 167 Å². The number of carbonyl (C=O) groups excluding carboxylic acids is 2. The Morgan fingerprint density at radius 1 is 1.24 bits per heavy atom. The van der Waals surface area contributed by atoms with Crippen LogP contribution in [0.2, 0.25) is 0 Å². The average Bonchev–Trinajstić information content (AvgIpc) is 3.26. The maximum Gasteiger partial charge on any atom is 0.359 e. The number of methoxy groups -OCH3 is 1. The van der Waals surface area contributed by atoms with Crippen LogP contribution in [-0.4, -0.2) is 58.0 Å². The number of amides is 1. The van der Waals surface area contributed by atoms with Crippen LogP contribution in [0.5, 0.6) is 0 Å². The van der Waals surface area contributed by atoms with Gasteiger partial charge >= 0.3 is 5.97 Å². The predicted octanol–water partition coefficient (Wildman–Crippen LogP) is 1.76. The lowest BCUT2D eigenvalue weighted by Crippen LogP contribution is -2.37. The minimum absolute atomic E-state index is 0.230. The molecule has 4 rings (SSSR count). The number of aliphatic hydroxyl groups is 1. The van der Waals surface area contributed by atoms with E-state index in [1.54, 1.807) is 29.9 Å². The van der Waals surface area contributed by atoms with E-state index in [2.05, 4.69) is 16.9 Å². The SMILES string of the molecule is COC(=O)c1nn(-c2cccc(C#CC3(O)CCN(C)C3=O)c2)c2ccccc12. The summed E-state index contributed by atoms with van der Waals surface area (Å²) in [5, 5.41) is 15.6. The van der Waals surface area contributed by atoms with E-state index in [0.717, 1.165) is 5.52 Å². The maximum atomic E-state index is 12.1. The number of nitrogens with zero attached hydrogens (tertiary/aromatic N) is 3. The second-order valence-electron chi connectivity index (χ2n) is 6.91. The molecule has 1 unspecified atom stereocenters. The third-order valence-corrected chi connectivity index (χ3v) is 4.98. The van der Waals surface area contributed by atoms with Gasteiger partial charge in [0.25, 0.3) is 5.91 Å². The molecule has 2 aromatic carbocycles. The maximum absolute atomic E-state index is 12.1. The van der Waals surface area contributed by atoms with Crippen LogP contribution in [0.3, 0.4) is 0 Å². The number of likely N-dealkylation sites (N-methyl/N-ethyl adjacent to an activating group) is 1. The first-order chi connectivity index (χ1) is 13.9. The number of para-hydroxylation sites is 1. The number of rotatable bonds is 2. The van der Waals surface area contributed by atoms with Crippen LogP contribution in [0.4, 0.5) is 0 Å². The monoisotopic (exact) mass is 389 g/mol. The van der Waals surface area contributed by atoms with Crippen LogP contribution in [0.25, 0.3) is 16.6 Å². The Kier molecular flexibility index (Phi) is 4.57. The highest BCUT2D eigenvalue weighted by Crippen LogP contribution is 2.24. The zero-order valence-electron chi connectivity index (χ0n) is 16.0. The van der Waals surface area contributed by atoms with E-state index in [9.17, 15) is 14.7 Å². The van der Waals surface area contributed by atoms with Gasteiger partial charge in [0.05, 0.1) is 18.3 Å². The molecule has 0 radical (unpaired) electrons. The lowest BCUT2D eigenvalue weighted by molar-refractivity contribution is -0.137. The van der Waals surface area contributed by atoms with Crippen molar-refractivity contribution in [1.29, 1.82) is 0 Å². The summed E-state index contributed by atoms with van der Waals surface area (Å²) in [6.45, 7) is 0.472. The summed E-state index contributed by atoms with van der Waals surface area (Å²) >= 11 is 0. The first-order valence-electron chi connectivity index (χ1n) is 9.10. The van der Waals surface area contributed by atoms with E-state index in [1.807, 2.05) is 30.3 Å². The van der Waals surface area contributed by atoms with Crippen molar-refractivity contribution in [1.82, 2.24) is 14.7 Å². The molecule has 0 saturated carbocycles. The van der Waals surface area contributed by atoms with Gasteiger partial charge in [-0.3, -0.25) is 4.79 Å². The second-order valence-corrected chi connectivity index (χ2v) is 6.91. The molecule has 146 valence electrons. The summed E-state index contributed by atoms with van der Waals surface area (Å²) in [5.74, 6) is 4.71. The minimum atomic E-state index is -1.65. The Balaban J connectivity index is 1.75. The van der Waals surface area contributed by atoms with E-state index in [0.29, 0.717) is 23.2 Å². The number of ether oxygens (including phenoxy) is 1. The molecular weight excluding hydrogens is 370 g/mol. The van der Waals surface area contributed by atoms with Crippen molar-refractivity contribution in [2.24, 2.45) is 0 Å². The highest BCUT2D eigenvalue weighted by Gasteiger charge is 2.42. The van der Waals surface area contributed by atoms with Crippen molar-refractivity contribution in [3.8, 4) is 17.5 Å². The van der Waals surface area contributed by atoms with Crippen LogP contribution >= 0.6 is 0 Å². The van der Waals surface area contributed by atoms with Crippen molar-refractivity contribution in [2.75, 3.05) is 20.7 Å². The van der Waals surface area contributed by atoms with E-state index in [-0.39, 0.29) is 18.0 Å². The number of benzene rings is 2. The molecule has 0 spiro atoms. The number of hydrogen-bond donors (Lipinski definition) is 1. The lowest BCUT2D eigenvalue weighted by atomic mass is 10.0. The van der Waals surface area contributed by atoms with Gasteiger partial charge in [-0.1, -0.05) is 36.1 Å². The molecule has 1 amide bonds.